The molecule has 8 nitrogen and oxygen atoms in total. The van der Waals surface area contributed by atoms with E-state index in [1.165, 1.54) is 0 Å². The molecular weight excluding hydrogens is 500 g/mol. The molecule has 2 fully saturated rings. The number of fused-ring (bicyclic) bond motifs is 2. The molecule has 3 aromatic carbocycles. The average Bonchev–Trinajstić information content (AvgIpc) is 3.63. The van der Waals surface area contributed by atoms with Gasteiger partial charge in [-0.15, -0.1) is 0 Å². The first-order valence-electron chi connectivity index (χ1n) is 14.5. The van der Waals surface area contributed by atoms with Crippen molar-refractivity contribution in [1.29, 1.82) is 5.41 Å². The van der Waals surface area contributed by atoms with E-state index in [2.05, 4.69) is 16.3 Å². The minimum Gasteiger partial charge on any atom is -0.384 e. The molecular formula is C32H38N6O2. The number of hydrogen-bond acceptors (Lipinski definition) is 5. The Hall–Kier alpha value is -3.91. The van der Waals surface area contributed by atoms with Crippen molar-refractivity contribution in [3.63, 3.8) is 0 Å². The molecule has 1 saturated heterocycles. The highest BCUT2D eigenvalue weighted by molar-refractivity contribution is 6.08. The van der Waals surface area contributed by atoms with Gasteiger partial charge in [-0.3, -0.25) is 15.0 Å². The third kappa shape index (κ3) is 5.04. The van der Waals surface area contributed by atoms with Gasteiger partial charge in [0.2, 0.25) is 5.91 Å². The van der Waals surface area contributed by atoms with Crippen molar-refractivity contribution in [2.75, 3.05) is 18.0 Å². The Bertz CT molecular complexity index is 1460. The number of nitrogens with two attached hydrogens (primary N) is 2. The van der Waals surface area contributed by atoms with Crippen molar-refractivity contribution < 1.29 is 9.59 Å². The van der Waals surface area contributed by atoms with Crippen LogP contribution in [0.15, 0.2) is 54.6 Å². The molecule has 0 spiro atoms. The number of nitrogens with zero attached hydrogens (tertiary/aromatic N) is 2. The lowest BCUT2D eigenvalue weighted by molar-refractivity contribution is -0.123. The van der Waals surface area contributed by atoms with Crippen LogP contribution in [0.4, 0.5) is 5.69 Å². The summed E-state index contributed by atoms with van der Waals surface area (Å²) in [6.07, 6.45) is 6.35. The first-order valence-corrected chi connectivity index (χ1v) is 14.5. The van der Waals surface area contributed by atoms with Gasteiger partial charge in [0.25, 0.3) is 5.91 Å². The quantitative estimate of drug-likeness (QED) is 0.281. The number of likely N-dealkylation sites (tertiary alicyclic amines) is 1. The van der Waals surface area contributed by atoms with Crippen LogP contribution in [0, 0.1) is 5.41 Å². The summed E-state index contributed by atoms with van der Waals surface area (Å²) >= 11 is 0. The molecule has 0 radical (unpaired) electrons. The molecule has 208 valence electrons. The normalized spacial score (nSPS) is 22.4. The summed E-state index contributed by atoms with van der Waals surface area (Å²) in [5.41, 5.74) is 16.4. The van der Waals surface area contributed by atoms with Crippen LogP contribution in [0.3, 0.4) is 0 Å². The highest BCUT2D eigenvalue weighted by Gasteiger charge is 2.36. The van der Waals surface area contributed by atoms with E-state index in [-0.39, 0.29) is 35.8 Å². The van der Waals surface area contributed by atoms with Crippen molar-refractivity contribution in [3.05, 3.63) is 76.9 Å². The number of anilines is 1. The van der Waals surface area contributed by atoms with E-state index in [1.807, 2.05) is 53.4 Å². The van der Waals surface area contributed by atoms with Crippen LogP contribution >= 0.6 is 0 Å². The Morgan fingerprint density at radius 1 is 0.950 bits per heavy atom. The van der Waals surface area contributed by atoms with E-state index >= 15 is 0 Å². The number of carbonyl (C=O) groups is 2. The SMILES string of the molecule is N=C(N)c1ccc2c(c1)N(Cc1ccc(C(=O)N3CCCC3)c3ccccc13)C(C(=O)N[C@H]1CC[C@H](N)CC1)C2. The molecule has 6 rings (SSSR count). The van der Waals surface area contributed by atoms with E-state index in [9.17, 15) is 9.59 Å². The van der Waals surface area contributed by atoms with Gasteiger partial charge in [-0.1, -0.05) is 42.5 Å². The summed E-state index contributed by atoms with van der Waals surface area (Å²) in [6.45, 7) is 2.12. The summed E-state index contributed by atoms with van der Waals surface area (Å²) in [6, 6.07) is 17.8. The fraction of sp³-hybridized carbons (Fsp3) is 0.406. The predicted octanol–water partition coefficient (Wildman–Crippen LogP) is 3.68. The first kappa shape index (κ1) is 26.3. The molecule has 3 aromatic rings. The van der Waals surface area contributed by atoms with Crippen LogP contribution in [-0.4, -0.2) is 53.8 Å². The molecule has 2 aliphatic heterocycles. The first-order chi connectivity index (χ1) is 19.4. The standard InChI is InChI=1S/C32H38N6O2/c33-23-10-12-24(13-11-23)36-31(39)29-17-20-7-8-21(30(34)35)18-28(20)38(29)19-22-9-14-27(26-6-2-1-5-25(22)26)32(40)37-15-3-4-16-37/h1-2,5-9,14,18,23-24,29H,3-4,10-13,15-17,19,33H2,(H3,34,35)(H,36,39)/t23-,24-,29?. The minimum absolute atomic E-state index is 0.00410. The molecule has 1 atom stereocenters. The van der Waals surface area contributed by atoms with Crippen LogP contribution < -0.4 is 21.7 Å². The van der Waals surface area contributed by atoms with Gasteiger partial charge in [0.05, 0.1) is 0 Å². The highest BCUT2D eigenvalue weighted by atomic mass is 16.2. The monoisotopic (exact) mass is 538 g/mol. The number of hydrogen-bond donors (Lipinski definition) is 4. The topological polar surface area (TPSA) is 129 Å². The highest BCUT2D eigenvalue weighted by Crippen LogP contribution is 2.36. The van der Waals surface area contributed by atoms with E-state index in [0.29, 0.717) is 18.5 Å². The minimum atomic E-state index is -0.377. The molecule has 0 bridgehead atoms. The number of amides is 2. The molecule has 1 unspecified atom stereocenters. The number of carbonyl (C=O) groups excluding carboxylic acids is 2. The van der Waals surface area contributed by atoms with Crippen LogP contribution in [0.1, 0.15) is 65.6 Å². The summed E-state index contributed by atoms with van der Waals surface area (Å²) < 4.78 is 0. The van der Waals surface area contributed by atoms with E-state index in [4.69, 9.17) is 16.9 Å². The maximum atomic E-state index is 13.7. The van der Waals surface area contributed by atoms with Gasteiger partial charge in [-0.2, -0.15) is 0 Å². The summed E-state index contributed by atoms with van der Waals surface area (Å²) in [5.74, 6) is 0.109. The molecule has 2 heterocycles. The number of amidine groups is 1. The van der Waals surface area contributed by atoms with Crippen molar-refractivity contribution >= 4 is 34.1 Å². The van der Waals surface area contributed by atoms with Gasteiger partial charge < -0.3 is 26.6 Å². The van der Waals surface area contributed by atoms with Gasteiger partial charge in [-0.25, -0.2) is 0 Å². The van der Waals surface area contributed by atoms with E-state index < -0.39 is 0 Å². The smallest absolute Gasteiger partial charge is 0.254 e. The fourth-order valence-corrected chi connectivity index (χ4v) is 6.61. The number of benzene rings is 3. The lowest BCUT2D eigenvalue weighted by Crippen LogP contribution is -2.49. The maximum absolute atomic E-state index is 13.7. The lowest BCUT2D eigenvalue weighted by atomic mass is 9.91. The van der Waals surface area contributed by atoms with E-state index in [1.54, 1.807) is 0 Å². The Kier molecular flexibility index (Phi) is 7.19. The average molecular weight is 539 g/mol. The van der Waals surface area contributed by atoms with Crippen molar-refractivity contribution in [2.24, 2.45) is 11.5 Å². The zero-order chi connectivity index (χ0) is 27.8. The molecule has 6 N–H and O–H groups in total. The second-order valence-electron chi connectivity index (χ2n) is 11.5. The summed E-state index contributed by atoms with van der Waals surface area (Å²) in [4.78, 5) is 31.2. The second kappa shape index (κ2) is 10.9. The van der Waals surface area contributed by atoms with Crippen molar-refractivity contribution in [2.45, 2.75) is 69.6 Å². The molecule has 3 aliphatic rings. The van der Waals surface area contributed by atoms with Crippen LogP contribution in [0.5, 0.6) is 0 Å². The van der Waals surface area contributed by atoms with Gasteiger partial charge in [-0.05, 0) is 72.6 Å². The number of nitrogen functional groups attached to an aromatic ring is 1. The second-order valence-corrected chi connectivity index (χ2v) is 11.5. The maximum Gasteiger partial charge on any atom is 0.254 e. The third-order valence-corrected chi connectivity index (χ3v) is 8.89. The Morgan fingerprint density at radius 3 is 2.40 bits per heavy atom. The Labute approximate surface area is 235 Å². The Morgan fingerprint density at radius 2 is 1.68 bits per heavy atom. The summed E-state index contributed by atoms with van der Waals surface area (Å²) in [5, 5.41) is 13.2. The van der Waals surface area contributed by atoms with Crippen molar-refractivity contribution in [1.82, 2.24) is 10.2 Å². The number of nitrogens with one attached hydrogen (secondary N) is 2. The Balaban J connectivity index is 1.34. The fourth-order valence-electron chi connectivity index (χ4n) is 6.61. The lowest BCUT2D eigenvalue weighted by Gasteiger charge is -2.31. The molecule has 8 heteroatoms. The van der Waals surface area contributed by atoms with Gasteiger partial charge in [0.15, 0.2) is 0 Å². The zero-order valence-corrected chi connectivity index (χ0v) is 22.9. The molecule has 1 saturated carbocycles. The van der Waals surface area contributed by atoms with Crippen LogP contribution in [0.25, 0.3) is 10.8 Å². The molecule has 40 heavy (non-hydrogen) atoms. The predicted molar refractivity (Wildman–Crippen MR) is 159 cm³/mol. The van der Waals surface area contributed by atoms with Gasteiger partial charge >= 0.3 is 0 Å². The van der Waals surface area contributed by atoms with E-state index in [0.717, 1.165) is 84.8 Å². The third-order valence-electron chi connectivity index (χ3n) is 8.89. The number of rotatable bonds is 6. The van der Waals surface area contributed by atoms with Gasteiger partial charge in [0, 0.05) is 55.0 Å². The van der Waals surface area contributed by atoms with Crippen molar-refractivity contribution in [3.8, 4) is 0 Å². The van der Waals surface area contributed by atoms with Gasteiger partial charge in [0.1, 0.15) is 11.9 Å². The van der Waals surface area contributed by atoms with Crippen LogP contribution in [0.2, 0.25) is 0 Å². The van der Waals surface area contributed by atoms with Crippen LogP contribution in [-0.2, 0) is 17.8 Å². The largest absolute Gasteiger partial charge is 0.384 e. The molecule has 1 aliphatic carbocycles. The zero-order valence-electron chi connectivity index (χ0n) is 22.9. The molecule has 2 amide bonds. The summed E-state index contributed by atoms with van der Waals surface area (Å²) in [7, 11) is 0. The molecule has 0 aromatic heterocycles.